The molecule has 5 heteroatoms. The van der Waals surface area contributed by atoms with E-state index in [2.05, 4.69) is 5.16 Å². The number of hydrogen-bond acceptors (Lipinski definition) is 4. The maximum Gasteiger partial charge on any atom is 0.410 e. The number of oxime groups is 1. The van der Waals surface area contributed by atoms with Crippen LogP contribution in [0.4, 0.5) is 4.79 Å². The van der Waals surface area contributed by atoms with Gasteiger partial charge in [0.05, 0.1) is 12.3 Å². The van der Waals surface area contributed by atoms with E-state index in [1.54, 1.807) is 4.90 Å². The SMILES string of the molecule is C[C@@H]1C[C@]2(CC(c3ccccc3)=NO2)CN1C(=O)OC(C)(C)C. The largest absolute Gasteiger partial charge is 0.444 e. The van der Waals surface area contributed by atoms with Crippen LogP contribution < -0.4 is 0 Å². The molecule has 1 fully saturated rings. The number of benzene rings is 1. The Kier molecular flexibility index (Phi) is 3.82. The Morgan fingerprint density at radius 2 is 2.04 bits per heavy atom. The van der Waals surface area contributed by atoms with Gasteiger partial charge < -0.3 is 14.5 Å². The van der Waals surface area contributed by atoms with Crippen LogP contribution in [0.3, 0.4) is 0 Å². The summed E-state index contributed by atoms with van der Waals surface area (Å²) in [7, 11) is 0. The first-order valence-electron chi connectivity index (χ1n) is 8.08. The summed E-state index contributed by atoms with van der Waals surface area (Å²) in [6.45, 7) is 8.18. The van der Waals surface area contributed by atoms with Gasteiger partial charge in [-0.1, -0.05) is 35.5 Å². The van der Waals surface area contributed by atoms with E-state index in [1.807, 2.05) is 58.0 Å². The quantitative estimate of drug-likeness (QED) is 0.795. The molecule has 0 unspecified atom stereocenters. The van der Waals surface area contributed by atoms with E-state index >= 15 is 0 Å². The summed E-state index contributed by atoms with van der Waals surface area (Å²) in [5.74, 6) is 0. The fourth-order valence-electron chi connectivity index (χ4n) is 3.25. The van der Waals surface area contributed by atoms with E-state index in [4.69, 9.17) is 9.57 Å². The van der Waals surface area contributed by atoms with E-state index in [0.717, 1.165) is 24.1 Å². The maximum atomic E-state index is 12.4. The van der Waals surface area contributed by atoms with Gasteiger partial charge in [0, 0.05) is 18.9 Å². The first kappa shape index (κ1) is 15.8. The molecule has 23 heavy (non-hydrogen) atoms. The number of likely N-dealkylation sites (tertiary alicyclic amines) is 1. The minimum Gasteiger partial charge on any atom is -0.444 e. The number of ether oxygens (including phenoxy) is 1. The molecular formula is C18H24N2O3. The van der Waals surface area contributed by atoms with Gasteiger partial charge in [0.2, 0.25) is 0 Å². The second-order valence-corrected chi connectivity index (χ2v) is 7.52. The smallest absolute Gasteiger partial charge is 0.410 e. The van der Waals surface area contributed by atoms with Crippen molar-refractivity contribution >= 4 is 11.8 Å². The summed E-state index contributed by atoms with van der Waals surface area (Å²) in [6, 6.07) is 10.1. The van der Waals surface area contributed by atoms with Gasteiger partial charge in [0.25, 0.3) is 0 Å². The van der Waals surface area contributed by atoms with Crippen LogP contribution in [-0.4, -0.2) is 40.5 Å². The molecular weight excluding hydrogens is 292 g/mol. The second-order valence-electron chi connectivity index (χ2n) is 7.52. The predicted molar refractivity (Wildman–Crippen MR) is 88.4 cm³/mol. The highest BCUT2D eigenvalue weighted by molar-refractivity contribution is 6.01. The molecule has 124 valence electrons. The van der Waals surface area contributed by atoms with Crippen molar-refractivity contribution in [1.82, 2.24) is 4.90 Å². The average Bonchev–Trinajstić information content (AvgIpc) is 3.02. The molecule has 0 bridgehead atoms. The minimum absolute atomic E-state index is 0.0789. The van der Waals surface area contributed by atoms with Gasteiger partial charge in [-0.05, 0) is 33.3 Å². The Labute approximate surface area is 137 Å². The van der Waals surface area contributed by atoms with Crippen molar-refractivity contribution in [3.8, 4) is 0 Å². The Morgan fingerprint density at radius 3 is 2.70 bits per heavy atom. The van der Waals surface area contributed by atoms with Crippen molar-refractivity contribution in [2.45, 2.75) is 57.8 Å². The van der Waals surface area contributed by atoms with Crippen LogP contribution in [0.5, 0.6) is 0 Å². The van der Waals surface area contributed by atoms with Crippen molar-refractivity contribution in [2.75, 3.05) is 6.54 Å². The third-order valence-corrected chi connectivity index (χ3v) is 4.23. The summed E-state index contributed by atoms with van der Waals surface area (Å²) >= 11 is 0. The van der Waals surface area contributed by atoms with E-state index in [0.29, 0.717) is 6.54 Å². The van der Waals surface area contributed by atoms with Gasteiger partial charge in [-0.2, -0.15) is 0 Å². The predicted octanol–water partition coefficient (Wildman–Crippen LogP) is 3.58. The van der Waals surface area contributed by atoms with Crippen LogP contribution in [0.1, 0.15) is 46.1 Å². The van der Waals surface area contributed by atoms with Crippen LogP contribution >= 0.6 is 0 Å². The lowest BCUT2D eigenvalue weighted by Crippen LogP contribution is -2.41. The molecule has 0 N–H and O–H groups in total. The summed E-state index contributed by atoms with van der Waals surface area (Å²) in [6.07, 6.45) is 1.21. The van der Waals surface area contributed by atoms with Crippen LogP contribution in [0.25, 0.3) is 0 Å². The average molecular weight is 316 g/mol. The number of amides is 1. The summed E-state index contributed by atoms with van der Waals surface area (Å²) in [5, 5.41) is 4.28. The van der Waals surface area contributed by atoms with Crippen molar-refractivity contribution in [3.05, 3.63) is 35.9 Å². The number of carbonyl (C=O) groups is 1. The molecule has 1 amide bonds. The third kappa shape index (κ3) is 3.33. The molecule has 1 saturated heterocycles. The molecule has 0 radical (unpaired) electrons. The lowest BCUT2D eigenvalue weighted by molar-refractivity contribution is -0.0159. The molecule has 2 aliphatic heterocycles. The molecule has 0 saturated carbocycles. The van der Waals surface area contributed by atoms with Gasteiger partial charge >= 0.3 is 6.09 Å². The Balaban J connectivity index is 1.69. The van der Waals surface area contributed by atoms with Crippen molar-refractivity contribution < 1.29 is 14.4 Å². The fourth-order valence-corrected chi connectivity index (χ4v) is 3.25. The molecule has 5 nitrogen and oxygen atoms in total. The van der Waals surface area contributed by atoms with Crippen molar-refractivity contribution in [2.24, 2.45) is 5.16 Å². The summed E-state index contributed by atoms with van der Waals surface area (Å²) < 4.78 is 5.50. The topological polar surface area (TPSA) is 51.1 Å². The second kappa shape index (κ2) is 5.55. The first-order valence-corrected chi connectivity index (χ1v) is 8.08. The van der Waals surface area contributed by atoms with Crippen LogP contribution in [0.2, 0.25) is 0 Å². The van der Waals surface area contributed by atoms with Gasteiger partial charge in [0.1, 0.15) is 5.60 Å². The van der Waals surface area contributed by atoms with E-state index in [-0.39, 0.29) is 12.1 Å². The zero-order valence-corrected chi connectivity index (χ0v) is 14.2. The fraction of sp³-hybridized carbons (Fsp3) is 0.556. The van der Waals surface area contributed by atoms with Crippen LogP contribution in [0.15, 0.2) is 35.5 Å². The number of carbonyl (C=O) groups excluding carboxylic acids is 1. The van der Waals surface area contributed by atoms with Crippen molar-refractivity contribution in [3.63, 3.8) is 0 Å². The number of nitrogens with zero attached hydrogens (tertiary/aromatic N) is 2. The lowest BCUT2D eigenvalue weighted by Gasteiger charge is -2.27. The van der Waals surface area contributed by atoms with Gasteiger partial charge in [-0.25, -0.2) is 4.79 Å². The minimum atomic E-state index is -0.491. The van der Waals surface area contributed by atoms with Gasteiger partial charge in [-0.3, -0.25) is 0 Å². The highest BCUT2D eigenvalue weighted by Crippen LogP contribution is 2.39. The van der Waals surface area contributed by atoms with Crippen LogP contribution in [0, 0.1) is 0 Å². The Morgan fingerprint density at radius 1 is 1.35 bits per heavy atom. The van der Waals surface area contributed by atoms with E-state index in [1.165, 1.54) is 0 Å². The number of hydrogen-bond donors (Lipinski definition) is 0. The normalized spacial score (nSPS) is 27.0. The lowest BCUT2D eigenvalue weighted by atomic mass is 9.92. The maximum absolute atomic E-state index is 12.4. The summed E-state index contributed by atoms with van der Waals surface area (Å²) in [4.78, 5) is 19.9. The molecule has 2 aliphatic rings. The molecule has 0 aromatic heterocycles. The van der Waals surface area contributed by atoms with Crippen molar-refractivity contribution in [1.29, 1.82) is 0 Å². The van der Waals surface area contributed by atoms with Gasteiger partial charge in [-0.15, -0.1) is 0 Å². The Bertz CT molecular complexity index is 621. The first-order chi connectivity index (χ1) is 10.8. The molecule has 2 atom stereocenters. The third-order valence-electron chi connectivity index (χ3n) is 4.23. The monoisotopic (exact) mass is 316 g/mol. The zero-order chi connectivity index (χ0) is 16.7. The van der Waals surface area contributed by atoms with E-state index in [9.17, 15) is 4.79 Å². The highest BCUT2D eigenvalue weighted by atomic mass is 16.7. The highest BCUT2D eigenvalue weighted by Gasteiger charge is 2.50. The molecule has 2 heterocycles. The molecule has 1 spiro atoms. The molecule has 0 aliphatic carbocycles. The number of rotatable bonds is 1. The van der Waals surface area contributed by atoms with Gasteiger partial charge in [0.15, 0.2) is 5.60 Å². The summed E-state index contributed by atoms with van der Waals surface area (Å²) in [5.41, 5.74) is 1.12. The Hall–Kier alpha value is -2.04. The van der Waals surface area contributed by atoms with E-state index < -0.39 is 11.2 Å². The van der Waals surface area contributed by atoms with Crippen LogP contribution in [-0.2, 0) is 9.57 Å². The molecule has 1 aromatic rings. The standard InChI is InChI=1S/C18H24N2O3/c1-13-10-18(12-20(13)16(21)22-17(2,3)4)11-15(19-23-18)14-8-6-5-7-9-14/h5-9,13H,10-12H2,1-4H3/t13-,18+/m1/s1. The zero-order valence-electron chi connectivity index (χ0n) is 14.2. The molecule has 1 aromatic carbocycles. The molecule has 3 rings (SSSR count).